The predicted octanol–water partition coefficient (Wildman–Crippen LogP) is -1.93. The zero-order chi connectivity index (χ0) is 10.4. The van der Waals surface area contributed by atoms with E-state index in [1.165, 1.54) is 14.0 Å². The number of nitrogens with zero attached hydrogens (tertiary/aromatic N) is 1. The molecule has 0 aromatic carbocycles. The van der Waals surface area contributed by atoms with Gasteiger partial charge in [-0.3, -0.25) is 14.4 Å². The molecule has 0 rings (SSSR count). The van der Waals surface area contributed by atoms with Gasteiger partial charge in [0.25, 0.3) is 0 Å². The van der Waals surface area contributed by atoms with Gasteiger partial charge in [0.15, 0.2) is 0 Å². The van der Waals surface area contributed by atoms with Gasteiger partial charge in [0.05, 0.1) is 13.1 Å². The number of hydrogen-bond donors (Lipinski definition) is 2. The predicted molar refractivity (Wildman–Crippen MR) is 45.5 cm³/mol. The third-order valence-corrected chi connectivity index (χ3v) is 1.31. The Morgan fingerprint density at radius 1 is 1.38 bits per heavy atom. The SMILES string of the molecule is CC(=O)NCC(=O)N(C)CC(N)=O. The van der Waals surface area contributed by atoms with Gasteiger partial charge in [0.1, 0.15) is 0 Å². The molecule has 0 aromatic rings. The molecule has 0 aliphatic rings. The first kappa shape index (κ1) is 11.4. The summed E-state index contributed by atoms with van der Waals surface area (Å²) >= 11 is 0. The molecule has 0 saturated heterocycles. The van der Waals surface area contributed by atoms with Crippen LogP contribution in [0.5, 0.6) is 0 Å². The van der Waals surface area contributed by atoms with Crippen molar-refractivity contribution in [2.24, 2.45) is 5.73 Å². The smallest absolute Gasteiger partial charge is 0.242 e. The maximum absolute atomic E-state index is 11.1. The number of amides is 3. The van der Waals surface area contributed by atoms with Gasteiger partial charge in [0, 0.05) is 14.0 Å². The second-order valence-electron chi connectivity index (χ2n) is 2.63. The van der Waals surface area contributed by atoms with E-state index >= 15 is 0 Å². The quantitative estimate of drug-likeness (QED) is 0.536. The van der Waals surface area contributed by atoms with Crippen molar-refractivity contribution in [3.8, 4) is 0 Å². The first-order chi connectivity index (χ1) is 5.93. The number of nitrogens with two attached hydrogens (primary N) is 1. The Morgan fingerprint density at radius 2 is 1.92 bits per heavy atom. The summed E-state index contributed by atoms with van der Waals surface area (Å²) in [4.78, 5) is 33.1. The minimum Gasteiger partial charge on any atom is -0.368 e. The fraction of sp³-hybridized carbons (Fsp3) is 0.571. The van der Waals surface area contributed by atoms with Gasteiger partial charge < -0.3 is 16.0 Å². The van der Waals surface area contributed by atoms with Crippen LogP contribution < -0.4 is 11.1 Å². The van der Waals surface area contributed by atoms with Crippen molar-refractivity contribution in [2.45, 2.75) is 6.92 Å². The largest absolute Gasteiger partial charge is 0.368 e. The highest BCUT2D eigenvalue weighted by Crippen LogP contribution is 1.82. The van der Waals surface area contributed by atoms with E-state index in [0.29, 0.717) is 0 Å². The van der Waals surface area contributed by atoms with E-state index < -0.39 is 5.91 Å². The maximum Gasteiger partial charge on any atom is 0.242 e. The lowest BCUT2D eigenvalue weighted by atomic mass is 10.4. The number of rotatable bonds is 4. The van der Waals surface area contributed by atoms with Crippen molar-refractivity contribution in [1.29, 1.82) is 0 Å². The van der Waals surface area contributed by atoms with Gasteiger partial charge in [-0.1, -0.05) is 0 Å². The second kappa shape index (κ2) is 5.13. The van der Waals surface area contributed by atoms with Crippen LogP contribution in [0.15, 0.2) is 0 Å². The van der Waals surface area contributed by atoms with Crippen molar-refractivity contribution >= 4 is 17.7 Å². The molecule has 74 valence electrons. The summed E-state index contributed by atoms with van der Waals surface area (Å²) in [5, 5.41) is 2.32. The molecule has 3 amide bonds. The summed E-state index contributed by atoms with van der Waals surface area (Å²) in [7, 11) is 1.44. The highest BCUT2D eigenvalue weighted by atomic mass is 16.2. The van der Waals surface area contributed by atoms with Crippen LogP contribution in [0.4, 0.5) is 0 Å². The summed E-state index contributed by atoms with van der Waals surface area (Å²) in [5.41, 5.74) is 4.87. The number of nitrogens with one attached hydrogen (secondary N) is 1. The Balaban J connectivity index is 3.82. The van der Waals surface area contributed by atoms with Crippen molar-refractivity contribution in [2.75, 3.05) is 20.1 Å². The topological polar surface area (TPSA) is 92.5 Å². The van der Waals surface area contributed by atoms with Crippen molar-refractivity contribution in [3.05, 3.63) is 0 Å². The van der Waals surface area contributed by atoms with Crippen molar-refractivity contribution < 1.29 is 14.4 Å². The van der Waals surface area contributed by atoms with Crippen LogP contribution in [0.25, 0.3) is 0 Å². The lowest BCUT2D eigenvalue weighted by Gasteiger charge is -2.14. The summed E-state index contributed by atoms with van der Waals surface area (Å²) in [6.07, 6.45) is 0. The van der Waals surface area contributed by atoms with E-state index in [1.54, 1.807) is 0 Å². The molecule has 0 spiro atoms. The van der Waals surface area contributed by atoms with E-state index in [-0.39, 0.29) is 24.9 Å². The Kier molecular flexibility index (Phi) is 4.50. The summed E-state index contributed by atoms with van der Waals surface area (Å²) in [5.74, 6) is -1.23. The average molecular weight is 187 g/mol. The Labute approximate surface area is 76.1 Å². The number of hydrogen-bond acceptors (Lipinski definition) is 3. The minimum absolute atomic E-state index is 0.112. The van der Waals surface area contributed by atoms with Crippen LogP contribution in [0, 0.1) is 0 Å². The van der Waals surface area contributed by atoms with Crippen LogP contribution in [0.3, 0.4) is 0 Å². The highest BCUT2D eigenvalue weighted by molar-refractivity contribution is 5.87. The Bertz CT molecular complexity index is 227. The molecular formula is C7H13N3O3. The highest BCUT2D eigenvalue weighted by Gasteiger charge is 2.10. The fourth-order valence-electron chi connectivity index (χ4n) is 0.657. The Hall–Kier alpha value is -1.59. The summed E-state index contributed by atoms with van der Waals surface area (Å²) in [6, 6.07) is 0. The van der Waals surface area contributed by atoms with Gasteiger partial charge >= 0.3 is 0 Å². The summed E-state index contributed by atoms with van der Waals surface area (Å²) in [6.45, 7) is 1.05. The lowest BCUT2D eigenvalue weighted by molar-refractivity contribution is -0.134. The molecule has 13 heavy (non-hydrogen) atoms. The third kappa shape index (κ3) is 5.66. The number of carbonyl (C=O) groups excluding carboxylic acids is 3. The van der Waals surface area contributed by atoms with Crippen LogP contribution in [-0.4, -0.2) is 42.8 Å². The lowest BCUT2D eigenvalue weighted by Crippen LogP contribution is -2.41. The standard InChI is InChI=1S/C7H13N3O3/c1-5(11)9-3-7(13)10(2)4-6(8)12/h3-4H2,1-2H3,(H2,8,12)(H,9,11). The van der Waals surface area contributed by atoms with Crippen LogP contribution >= 0.6 is 0 Å². The molecule has 0 radical (unpaired) electrons. The van der Waals surface area contributed by atoms with Crippen molar-refractivity contribution in [3.63, 3.8) is 0 Å². The van der Waals surface area contributed by atoms with E-state index in [4.69, 9.17) is 5.73 Å². The fourth-order valence-corrected chi connectivity index (χ4v) is 0.657. The molecule has 0 fully saturated rings. The van der Waals surface area contributed by atoms with Gasteiger partial charge in [-0.15, -0.1) is 0 Å². The first-order valence-electron chi connectivity index (χ1n) is 3.70. The molecule has 0 heterocycles. The van der Waals surface area contributed by atoms with E-state index in [1.807, 2.05) is 0 Å². The first-order valence-corrected chi connectivity index (χ1v) is 3.70. The molecule has 0 aliphatic carbocycles. The maximum atomic E-state index is 11.1. The van der Waals surface area contributed by atoms with Crippen LogP contribution in [-0.2, 0) is 14.4 Å². The number of likely N-dealkylation sites (N-methyl/N-ethyl adjacent to an activating group) is 1. The molecule has 3 N–H and O–H groups in total. The number of primary amides is 1. The molecule has 0 aromatic heterocycles. The Morgan fingerprint density at radius 3 is 2.31 bits per heavy atom. The zero-order valence-electron chi connectivity index (χ0n) is 7.66. The van der Waals surface area contributed by atoms with Gasteiger partial charge in [-0.2, -0.15) is 0 Å². The van der Waals surface area contributed by atoms with Gasteiger partial charge in [-0.05, 0) is 0 Å². The molecule has 0 atom stereocenters. The van der Waals surface area contributed by atoms with Crippen LogP contribution in [0.1, 0.15) is 6.92 Å². The molecule has 0 saturated carbocycles. The minimum atomic E-state index is -0.585. The normalized spacial score (nSPS) is 9.08. The van der Waals surface area contributed by atoms with Gasteiger partial charge in [-0.25, -0.2) is 0 Å². The number of carbonyl (C=O) groups is 3. The molecular weight excluding hydrogens is 174 g/mol. The van der Waals surface area contributed by atoms with E-state index in [0.717, 1.165) is 4.90 Å². The van der Waals surface area contributed by atoms with E-state index in [9.17, 15) is 14.4 Å². The monoisotopic (exact) mass is 187 g/mol. The second-order valence-corrected chi connectivity index (χ2v) is 2.63. The molecule has 0 bridgehead atoms. The van der Waals surface area contributed by atoms with Crippen molar-refractivity contribution in [1.82, 2.24) is 10.2 Å². The third-order valence-electron chi connectivity index (χ3n) is 1.31. The molecule has 6 heteroatoms. The average Bonchev–Trinajstić information content (AvgIpc) is 1.98. The molecule has 0 unspecified atom stereocenters. The molecule has 6 nitrogen and oxygen atoms in total. The van der Waals surface area contributed by atoms with Crippen LogP contribution in [0.2, 0.25) is 0 Å². The zero-order valence-corrected chi connectivity index (χ0v) is 7.66. The van der Waals surface area contributed by atoms with Gasteiger partial charge in [0.2, 0.25) is 17.7 Å². The van der Waals surface area contributed by atoms with E-state index in [2.05, 4.69) is 5.32 Å². The molecule has 0 aliphatic heterocycles. The summed E-state index contributed by atoms with van der Waals surface area (Å²) < 4.78 is 0.